The van der Waals surface area contributed by atoms with Gasteiger partial charge >= 0.3 is 6.18 Å². The number of thioether (sulfide) groups is 1. The minimum atomic E-state index is -4.01. The second kappa shape index (κ2) is 30.9. The number of aryl methyl sites for hydroxylation is 2. The molecule has 6 fully saturated rings. The second-order valence-electron chi connectivity index (χ2n) is 27.7. The molecule has 11 heteroatoms. The highest BCUT2D eigenvalue weighted by molar-refractivity contribution is 9.09. The van der Waals surface area contributed by atoms with Crippen molar-refractivity contribution in [1.82, 2.24) is 0 Å². The van der Waals surface area contributed by atoms with E-state index in [0.717, 1.165) is 118 Å². The average Bonchev–Trinajstić information content (AvgIpc) is 2.50. The van der Waals surface area contributed by atoms with Crippen LogP contribution in [0.2, 0.25) is 0 Å². The number of halogens is 4. The van der Waals surface area contributed by atoms with Gasteiger partial charge < -0.3 is 18.9 Å². The summed E-state index contributed by atoms with van der Waals surface area (Å²) in [5, 5.41) is 1.12. The summed E-state index contributed by atoms with van der Waals surface area (Å²) in [6.45, 7) is 10.8. The Morgan fingerprint density at radius 3 is 1.40 bits per heavy atom. The summed E-state index contributed by atoms with van der Waals surface area (Å²) in [5.74, 6) is 6.04. The molecule has 460 valence electrons. The third kappa shape index (κ3) is 16.1. The van der Waals surface area contributed by atoms with Gasteiger partial charge in [0, 0.05) is 47.9 Å². The molecule has 2 heterocycles. The Kier molecular flexibility index (Phi) is 24.4. The van der Waals surface area contributed by atoms with Gasteiger partial charge in [0.25, 0.3) is 0 Å². The maximum Gasteiger partial charge on any atom is 0.389 e. The van der Waals surface area contributed by atoms with E-state index < -0.39 is 12.6 Å². The van der Waals surface area contributed by atoms with Crippen LogP contribution < -0.4 is 0 Å². The van der Waals surface area contributed by atoms with Gasteiger partial charge in [0.05, 0.1) is 12.2 Å². The van der Waals surface area contributed by atoms with E-state index in [9.17, 15) is 22.8 Å². The van der Waals surface area contributed by atoms with Crippen LogP contribution >= 0.6 is 27.7 Å². The zero-order valence-electron chi connectivity index (χ0n) is 51.1. The average molecular weight is 1220 g/mol. The number of unbranched alkanes of at least 4 members (excludes halogenated alkanes) is 13. The smallest absolute Gasteiger partial charge is 0.353 e. The van der Waals surface area contributed by atoms with Crippen molar-refractivity contribution in [3.05, 3.63) is 69.8 Å². The van der Waals surface area contributed by atoms with E-state index in [1.165, 1.54) is 138 Å². The summed E-state index contributed by atoms with van der Waals surface area (Å²) in [6, 6.07) is 13.4. The Morgan fingerprint density at radius 2 is 0.976 bits per heavy atom. The highest BCUT2D eigenvalue weighted by Gasteiger charge is 2.61. The SMILES string of the molecule is Cc1ccc2c(c1)C(=O)[C@@H](CCCCCCCCCBr)C1C2CCC2(C)C(OC3CCCCO3)CCC12.Cc1ccc2c(c1)C(=O)[C@@H](CCCCCCCCCSCCCCC(F)(F)F)C1C2CCC2(C)C(OC3CCCCO3)CCC12. The van der Waals surface area contributed by atoms with Gasteiger partial charge in [-0.2, -0.15) is 24.9 Å². The van der Waals surface area contributed by atoms with E-state index in [1.54, 1.807) is 11.8 Å². The number of Topliss-reactive ketones (excluding diaryl/α,β-unsaturated/α-hetero) is 2. The maximum atomic E-state index is 14.2. The first-order chi connectivity index (χ1) is 39.7. The fraction of sp³-hybridized carbons (Fsp3) is 0.803. The molecule has 0 amide bonds. The standard InChI is InChI=1S/C38H57F3O3S.C33H49BrO3/c1-27-16-17-28-29-20-22-37(2)32(18-19-33(37)44-34-15-9-11-23-43-34)35(29)30(36(42)31(28)26-27)14-8-6-4-3-5-7-12-24-45-25-13-10-21-38(39,40)41;1-23-14-15-24-25-18-19-33(2)28(16-17-29(33)37-30-13-9-11-21-36-30)31(25)26(32(35)27(24)22-23)12-8-6-4-3-5-7-10-20-34/h16-17,26,29-30,32-35H,3-15,18-25H2,1-2H3;14-15,22,25-26,28-31H,3-13,16-21H2,1-2H3/t29?,30-,32?,33?,34?,35?,37?;25?,26-,28?,29?,30?,31?,33?/m00/s1. The topological polar surface area (TPSA) is 71.1 Å². The van der Waals surface area contributed by atoms with Crippen molar-refractivity contribution in [2.24, 2.45) is 46.3 Å². The number of ketones is 2. The van der Waals surface area contributed by atoms with Gasteiger partial charge in [0.1, 0.15) is 0 Å². The number of rotatable bonds is 27. The van der Waals surface area contributed by atoms with Crippen molar-refractivity contribution >= 4 is 39.3 Å². The van der Waals surface area contributed by atoms with Gasteiger partial charge in [-0.15, -0.1) is 0 Å². The molecular formula is C71H106BrF3O6S. The molecule has 0 spiro atoms. The van der Waals surface area contributed by atoms with Crippen LogP contribution in [0.1, 0.15) is 281 Å². The highest BCUT2D eigenvalue weighted by atomic mass is 79.9. The van der Waals surface area contributed by atoms with Gasteiger partial charge in [0.15, 0.2) is 24.1 Å². The molecule has 4 saturated carbocycles. The third-order valence-electron chi connectivity index (χ3n) is 22.2. The Hall–Kier alpha value is -1.76. The van der Waals surface area contributed by atoms with Gasteiger partial charge in [-0.05, 0) is 223 Å². The molecule has 0 N–H and O–H groups in total. The molecule has 2 aromatic rings. The number of hydrogen-bond acceptors (Lipinski definition) is 7. The Balaban J connectivity index is 0.000000201. The van der Waals surface area contributed by atoms with E-state index >= 15 is 0 Å². The quantitative estimate of drug-likeness (QED) is 0.0652. The molecule has 12 unspecified atom stereocenters. The number of carbonyl (C=O) groups excluding carboxylic acids is 2. The van der Waals surface area contributed by atoms with E-state index in [0.29, 0.717) is 53.5 Å². The summed E-state index contributed by atoms with van der Waals surface area (Å²) in [5.41, 5.74) is 7.40. The number of alkyl halides is 4. The lowest BCUT2D eigenvalue weighted by molar-refractivity contribution is -0.213. The lowest BCUT2D eigenvalue weighted by Crippen LogP contribution is -2.50. The van der Waals surface area contributed by atoms with E-state index in [1.807, 2.05) is 0 Å². The summed E-state index contributed by atoms with van der Waals surface area (Å²) in [7, 11) is 0. The van der Waals surface area contributed by atoms with Gasteiger partial charge in [-0.3, -0.25) is 9.59 Å². The molecule has 2 aromatic carbocycles. The minimum absolute atomic E-state index is 0.0194. The van der Waals surface area contributed by atoms with E-state index in [-0.39, 0.29) is 53.9 Å². The summed E-state index contributed by atoms with van der Waals surface area (Å²) >= 11 is 5.34. The first-order valence-electron chi connectivity index (χ1n) is 33.7. The first kappa shape index (κ1) is 64.7. The molecule has 2 aliphatic heterocycles. The normalized spacial score (nSPS) is 33.1. The summed E-state index contributed by atoms with van der Waals surface area (Å²) in [4.78, 5) is 28.3. The number of ether oxygens (including phenoxy) is 4. The molecule has 0 bridgehead atoms. The molecule has 0 radical (unpaired) electrons. The molecule has 2 saturated heterocycles. The minimum Gasteiger partial charge on any atom is -0.353 e. The molecule has 10 rings (SSSR count). The zero-order valence-corrected chi connectivity index (χ0v) is 53.5. The molecular weight excluding hydrogens is 1120 g/mol. The van der Waals surface area contributed by atoms with Gasteiger partial charge in [-0.25, -0.2) is 0 Å². The predicted molar refractivity (Wildman–Crippen MR) is 332 cm³/mol. The van der Waals surface area contributed by atoms with Crippen LogP contribution in [0.15, 0.2) is 36.4 Å². The van der Waals surface area contributed by atoms with Crippen LogP contribution in [-0.4, -0.2) is 72.6 Å². The Labute approximate surface area is 506 Å². The first-order valence-corrected chi connectivity index (χ1v) is 36.0. The van der Waals surface area contributed by atoms with Crippen molar-refractivity contribution < 1.29 is 41.7 Å². The number of carbonyl (C=O) groups is 2. The van der Waals surface area contributed by atoms with Crippen molar-refractivity contribution in [2.75, 3.05) is 30.0 Å². The van der Waals surface area contributed by atoms with Crippen molar-refractivity contribution in [3.63, 3.8) is 0 Å². The number of fused-ring (bicyclic) bond motifs is 10. The Bertz CT molecular complexity index is 2320. The summed E-state index contributed by atoms with van der Waals surface area (Å²) in [6.07, 6.45) is 32.2. The predicted octanol–water partition coefficient (Wildman–Crippen LogP) is 20.4. The van der Waals surface area contributed by atoms with Crippen LogP contribution in [-0.2, 0) is 18.9 Å². The molecule has 82 heavy (non-hydrogen) atoms. The fourth-order valence-electron chi connectivity index (χ4n) is 17.8. The highest BCUT2D eigenvalue weighted by Crippen LogP contribution is 2.65. The van der Waals surface area contributed by atoms with Crippen LogP contribution in [0, 0.1) is 60.2 Å². The van der Waals surface area contributed by atoms with E-state index in [4.69, 9.17) is 18.9 Å². The maximum absolute atomic E-state index is 14.2. The zero-order chi connectivity index (χ0) is 57.7. The monoisotopic (exact) mass is 1220 g/mol. The second-order valence-corrected chi connectivity index (χ2v) is 29.7. The van der Waals surface area contributed by atoms with Gasteiger partial charge in [-0.1, -0.05) is 142 Å². The van der Waals surface area contributed by atoms with Crippen molar-refractivity contribution in [1.29, 1.82) is 0 Å². The van der Waals surface area contributed by atoms with Gasteiger partial charge in [0.2, 0.25) is 0 Å². The fourth-order valence-corrected chi connectivity index (χ4v) is 19.2. The van der Waals surface area contributed by atoms with Crippen LogP contribution in [0.25, 0.3) is 0 Å². The molecule has 0 aromatic heterocycles. The molecule has 6 nitrogen and oxygen atoms in total. The molecule has 6 aliphatic carbocycles. The van der Waals surface area contributed by atoms with Crippen LogP contribution in [0.3, 0.4) is 0 Å². The molecule has 8 aliphatic rings. The third-order valence-corrected chi connectivity index (χ3v) is 23.9. The van der Waals surface area contributed by atoms with Crippen LogP contribution in [0.4, 0.5) is 13.2 Å². The number of benzene rings is 2. The van der Waals surface area contributed by atoms with E-state index in [2.05, 4.69) is 80.0 Å². The lowest BCUT2D eigenvalue weighted by atomic mass is 9.51. The van der Waals surface area contributed by atoms with Crippen molar-refractivity contribution in [2.45, 2.75) is 282 Å². The van der Waals surface area contributed by atoms with Crippen LogP contribution in [0.5, 0.6) is 0 Å². The molecule has 14 atom stereocenters. The van der Waals surface area contributed by atoms with Crippen molar-refractivity contribution in [3.8, 4) is 0 Å². The number of hydrogen-bond donors (Lipinski definition) is 0. The lowest BCUT2D eigenvalue weighted by Gasteiger charge is -2.53. The summed E-state index contributed by atoms with van der Waals surface area (Å²) < 4.78 is 62.1. The Morgan fingerprint density at radius 1 is 0.549 bits per heavy atom. The largest absolute Gasteiger partial charge is 0.389 e.